The first-order valence-electron chi connectivity index (χ1n) is 44.7. The molecule has 0 aliphatic heterocycles. The number of rotatable bonds is 15. The van der Waals surface area contributed by atoms with Crippen LogP contribution in [0.25, 0.3) is 229 Å². The van der Waals surface area contributed by atoms with Crippen LogP contribution < -0.4 is 0 Å². The second kappa shape index (κ2) is 32.7. The second-order valence-electron chi connectivity index (χ2n) is 34.1. The number of aromatic nitrogens is 11. The fourth-order valence-electron chi connectivity index (χ4n) is 19.4. The molecule has 0 N–H and O–H groups in total. The number of benzene rings is 17. The Bertz CT molecular complexity index is 8330. The van der Waals surface area contributed by atoms with Crippen molar-refractivity contribution in [1.82, 2.24) is 53.6 Å². The van der Waals surface area contributed by atoms with Gasteiger partial charge in [-0.3, -0.25) is 0 Å². The van der Waals surface area contributed by atoms with Gasteiger partial charge in [0.2, 0.25) is 0 Å². The van der Waals surface area contributed by atoms with Gasteiger partial charge in [0.1, 0.15) is 0 Å². The van der Waals surface area contributed by atoms with Gasteiger partial charge in [-0.25, -0.2) is 39.9 Å². The van der Waals surface area contributed by atoms with Gasteiger partial charge in [0.05, 0.1) is 90.0 Å². The van der Waals surface area contributed by atoms with Gasteiger partial charge >= 0.3 is 0 Å². The largest absolute Gasteiger partial charge is 0.309 e. The first kappa shape index (κ1) is 78.0. The van der Waals surface area contributed by atoms with E-state index in [1.54, 1.807) is 0 Å². The Balaban J connectivity index is 0.000000146. The number of para-hydroxylation sites is 4. The molecule has 0 spiro atoms. The fraction of sp³-hybridized carbons (Fsp3) is 0.0248. The molecule has 0 radical (unpaired) electrons. The van der Waals surface area contributed by atoms with E-state index < -0.39 is 0 Å². The highest BCUT2D eigenvalue weighted by Gasteiger charge is 2.37. The van der Waals surface area contributed by atoms with Crippen LogP contribution in [0, 0.1) is 0 Å². The molecule has 11 nitrogen and oxygen atoms in total. The molecule has 1 aliphatic carbocycles. The third kappa shape index (κ3) is 14.0. The van der Waals surface area contributed by atoms with E-state index in [0.29, 0.717) is 23.3 Å². The van der Waals surface area contributed by atoms with E-state index in [0.717, 1.165) is 173 Å². The molecule has 0 amide bonds. The predicted octanol–water partition coefficient (Wildman–Crippen LogP) is 30.1. The maximum Gasteiger partial charge on any atom is 0.162 e. The molecule has 0 saturated heterocycles. The fourth-order valence-corrected chi connectivity index (χ4v) is 19.4. The Hall–Kier alpha value is -17.5. The Morgan fingerprint density at radius 2 is 0.455 bits per heavy atom. The van der Waals surface area contributed by atoms with Crippen molar-refractivity contribution < 1.29 is 0 Å². The second-order valence-corrected chi connectivity index (χ2v) is 34.1. The van der Waals surface area contributed by atoms with Crippen molar-refractivity contribution in [1.29, 1.82) is 0 Å². The smallest absolute Gasteiger partial charge is 0.162 e. The molecule has 7 heterocycles. The highest BCUT2D eigenvalue weighted by Crippen LogP contribution is 2.53. The van der Waals surface area contributed by atoms with E-state index in [4.69, 9.17) is 39.9 Å². The Morgan fingerprint density at radius 3 is 0.864 bits per heavy atom. The third-order valence-electron chi connectivity index (χ3n) is 25.8. The molecule has 0 saturated carbocycles. The summed E-state index contributed by atoms with van der Waals surface area (Å²) < 4.78 is 7.22. The molecular weight excluding hydrogens is 1610 g/mol. The van der Waals surface area contributed by atoms with Crippen molar-refractivity contribution in [3.63, 3.8) is 0 Å². The molecule has 7 aromatic heterocycles. The van der Waals surface area contributed by atoms with Gasteiger partial charge in [-0.2, -0.15) is 0 Å². The van der Waals surface area contributed by atoms with Gasteiger partial charge in [-0.1, -0.05) is 354 Å². The summed E-state index contributed by atoms with van der Waals surface area (Å²) in [4.78, 5) is 42.7. The highest BCUT2D eigenvalue weighted by atomic mass is 15.0. The summed E-state index contributed by atoms with van der Waals surface area (Å²) in [5.74, 6) is 2.49. The van der Waals surface area contributed by atoms with E-state index in [2.05, 4.69) is 398 Å². The van der Waals surface area contributed by atoms with Crippen molar-refractivity contribution in [3.8, 4) is 164 Å². The molecule has 0 atom stereocenters. The number of nitrogens with zero attached hydrogens (tertiary/aromatic N) is 11. The van der Waals surface area contributed by atoms with E-state index in [-0.39, 0.29) is 5.41 Å². The minimum absolute atomic E-state index is 0.133. The van der Waals surface area contributed by atoms with Crippen LogP contribution in [-0.2, 0) is 5.41 Å². The SMILES string of the molecule is CC1(C)c2ccccc2-c2cc3c(cc21)c1ccccc1n3-c1ccc(-c2nc(-c3ccccc3)cc(-c3ccccc3)n2)cc1-c1cc(-c2ccccc2)nc(-c2ccccc2)n1.c1ccc(-c2cc(-c3ccccc3)nc(-c3ccc(-n4c5ccccc5c5cc6c(cc54)c4ccccc4n6-c4ccccc4)c(-c4nc(-c5ccccc5)cc(-c5ccccc5)n4)c3)n2)cc1. The first-order valence-corrected chi connectivity index (χ1v) is 44.7. The lowest BCUT2D eigenvalue weighted by Crippen LogP contribution is -2.14. The van der Waals surface area contributed by atoms with Crippen LogP contribution >= 0.6 is 0 Å². The third-order valence-corrected chi connectivity index (χ3v) is 25.8. The Labute approximate surface area is 763 Å². The Kier molecular flexibility index (Phi) is 19.3. The van der Waals surface area contributed by atoms with Gasteiger partial charge in [0.25, 0.3) is 0 Å². The maximum absolute atomic E-state index is 5.45. The van der Waals surface area contributed by atoms with Crippen LogP contribution in [0.2, 0.25) is 0 Å². The van der Waals surface area contributed by atoms with Crippen molar-refractivity contribution >= 4 is 65.4 Å². The summed E-state index contributed by atoms with van der Waals surface area (Å²) in [5.41, 5.74) is 33.2. The van der Waals surface area contributed by atoms with Crippen molar-refractivity contribution in [2.45, 2.75) is 19.3 Å². The first-order chi connectivity index (χ1) is 65.2. The zero-order chi connectivity index (χ0) is 87.7. The number of hydrogen-bond donors (Lipinski definition) is 0. The standard InChI is InChI=1S/C62H40N6.C59H41N5/c1-6-20-41(21-7-1)52-39-53(42-22-8-2-9-23-42)64-61(63-52)45-34-35-58(51(36-45)62-65-54(43-24-10-3-11-25-43)40-55(66-62)44-26-12-4-13-27-44)68-57-33-19-17-31-48(57)50-37-59-49(38-60(50)68)47-30-16-18-32-56(47)67(59)46-28-14-5-15-29-46;1-59(2)48-29-17-15-27-43(48)45-35-56-46(34-49(45)59)44-28-16-18-30-54(44)64(56)55-32-31-42(58-61-50(38-19-7-3-8-20-38)36-51(62-58)39-21-9-4-10-22-39)33-47(55)53-37-52(40-23-11-5-12-24-40)60-57(63-53)41-25-13-6-14-26-41/h1-40H;3-37H,1-2H3. The molecule has 25 rings (SSSR count). The van der Waals surface area contributed by atoms with Crippen LogP contribution in [0.3, 0.4) is 0 Å². The number of hydrogen-bond acceptors (Lipinski definition) is 8. The summed E-state index contributed by atoms with van der Waals surface area (Å²) in [6.45, 7) is 4.70. The highest BCUT2D eigenvalue weighted by molar-refractivity contribution is 6.20. The van der Waals surface area contributed by atoms with Crippen molar-refractivity contribution in [2.75, 3.05) is 0 Å². The normalized spacial score (nSPS) is 12.1. The quantitative estimate of drug-likeness (QED) is 0.0996. The molecular formula is C121H81N11. The van der Waals surface area contributed by atoms with Crippen molar-refractivity contribution in [2.24, 2.45) is 0 Å². The summed E-state index contributed by atoms with van der Waals surface area (Å²) in [6, 6.07) is 160. The van der Waals surface area contributed by atoms with E-state index in [9.17, 15) is 0 Å². The van der Waals surface area contributed by atoms with Crippen LogP contribution in [0.4, 0.5) is 0 Å². The lowest BCUT2D eigenvalue weighted by Gasteiger charge is -2.21. The summed E-state index contributed by atoms with van der Waals surface area (Å²) >= 11 is 0. The minimum Gasteiger partial charge on any atom is -0.309 e. The average molecular weight is 1690 g/mol. The molecule has 24 aromatic rings. The van der Waals surface area contributed by atoms with Crippen LogP contribution in [0.1, 0.15) is 25.0 Å². The van der Waals surface area contributed by atoms with Crippen LogP contribution in [0.5, 0.6) is 0 Å². The van der Waals surface area contributed by atoms with E-state index in [1.165, 1.54) is 43.8 Å². The number of fused-ring (bicyclic) bond motifs is 12. The molecule has 17 aromatic carbocycles. The monoisotopic (exact) mass is 1690 g/mol. The molecule has 1 aliphatic rings. The van der Waals surface area contributed by atoms with Crippen LogP contribution in [0.15, 0.2) is 455 Å². The van der Waals surface area contributed by atoms with E-state index in [1.807, 2.05) is 84.9 Å². The van der Waals surface area contributed by atoms with E-state index >= 15 is 0 Å². The summed E-state index contributed by atoms with van der Waals surface area (Å²) in [7, 11) is 0. The Morgan fingerprint density at radius 1 is 0.167 bits per heavy atom. The van der Waals surface area contributed by atoms with Crippen LogP contribution in [-0.4, -0.2) is 53.6 Å². The lowest BCUT2D eigenvalue weighted by molar-refractivity contribution is 0.661. The summed E-state index contributed by atoms with van der Waals surface area (Å²) in [6.07, 6.45) is 0. The molecule has 0 unspecified atom stereocenters. The summed E-state index contributed by atoms with van der Waals surface area (Å²) in [5, 5.41) is 7.09. The van der Waals surface area contributed by atoms with Crippen molar-refractivity contribution in [3.05, 3.63) is 466 Å². The molecule has 620 valence electrons. The average Bonchev–Trinajstić information content (AvgIpc) is 1.55. The molecule has 11 heteroatoms. The molecule has 0 bridgehead atoms. The van der Waals surface area contributed by atoms with Gasteiger partial charge in [-0.15, -0.1) is 0 Å². The molecule has 0 fully saturated rings. The zero-order valence-electron chi connectivity index (χ0n) is 72.2. The minimum atomic E-state index is -0.133. The predicted molar refractivity (Wildman–Crippen MR) is 541 cm³/mol. The van der Waals surface area contributed by atoms with Gasteiger partial charge in [0, 0.05) is 110 Å². The maximum atomic E-state index is 5.45. The topological polar surface area (TPSA) is 118 Å². The van der Waals surface area contributed by atoms with Gasteiger partial charge in [-0.05, 0) is 138 Å². The lowest BCUT2D eigenvalue weighted by atomic mass is 9.82. The van der Waals surface area contributed by atoms with Gasteiger partial charge < -0.3 is 13.7 Å². The zero-order valence-corrected chi connectivity index (χ0v) is 72.2. The van der Waals surface area contributed by atoms with Gasteiger partial charge in [0.15, 0.2) is 23.3 Å². The molecule has 132 heavy (non-hydrogen) atoms.